The topological polar surface area (TPSA) is 132 Å². The summed E-state index contributed by atoms with van der Waals surface area (Å²) < 4.78 is 28.3. The number of aromatic nitrogens is 2. The average Bonchev–Trinajstić information content (AvgIpc) is 3.09. The largest absolute Gasteiger partial charge is 0.408 e. The Kier molecular flexibility index (Phi) is 8.57. The summed E-state index contributed by atoms with van der Waals surface area (Å²) in [5.41, 5.74) is -1.03. The Labute approximate surface area is 228 Å². The van der Waals surface area contributed by atoms with E-state index >= 15 is 0 Å². The van der Waals surface area contributed by atoms with Crippen LogP contribution in [0, 0.1) is 0 Å². The van der Waals surface area contributed by atoms with Gasteiger partial charge in [-0.05, 0) is 18.1 Å². The second kappa shape index (κ2) is 10.4. The molecule has 0 aliphatic carbocycles. The molecule has 2 fully saturated rings. The monoisotopic (exact) mass is 572 g/mol. The Morgan fingerprint density at radius 2 is 1.71 bits per heavy atom. The number of H-pyrrole nitrogens is 1. The quantitative estimate of drug-likeness (QED) is 0.443. The number of hydrogen-bond donors (Lipinski definition) is 3. The van der Waals surface area contributed by atoms with E-state index < -0.39 is 65.3 Å². The Morgan fingerprint density at radius 3 is 2.21 bits per heavy atom. The molecule has 1 aromatic heterocycles. The number of nitrogens with zero attached hydrogens (tertiary/aromatic N) is 1. The van der Waals surface area contributed by atoms with Gasteiger partial charge in [0.05, 0.1) is 31.4 Å². The van der Waals surface area contributed by atoms with E-state index in [1.807, 2.05) is 0 Å². The van der Waals surface area contributed by atoms with E-state index in [1.54, 1.807) is 0 Å². The first-order valence-corrected chi connectivity index (χ1v) is 18.2. The fraction of sp³-hybridized carbons (Fsp3) is 0.846. The number of ether oxygens (including phenoxy) is 1. The van der Waals surface area contributed by atoms with Gasteiger partial charge in [-0.15, -0.1) is 0 Å². The summed E-state index contributed by atoms with van der Waals surface area (Å²) in [5.74, 6) is 0. The molecule has 0 radical (unpaired) electrons. The van der Waals surface area contributed by atoms with E-state index in [-0.39, 0.29) is 27.2 Å². The van der Waals surface area contributed by atoms with E-state index in [9.17, 15) is 19.8 Å². The molecule has 5 atom stereocenters. The predicted octanol–water partition coefficient (Wildman–Crippen LogP) is 3.18. The zero-order chi connectivity index (χ0) is 29.1. The molecule has 0 spiro atoms. The minimum absolute atomic E-state index is 0.111. The lowest BCUT2D eigenvalue weighted by Gasteiger charge is -2.54. The lowest BCUT2D eigenvalue weighted by Crippen LogP contribution is -2.66. The third-order valence-electron chi connectivity index (χ3n) is 8.24. The summed E-state index contributed by atoms with van der Waals surface area (Å²) in [4.78, 5) is 27.9. The van der Waals surface area contributed by atoms with Crippen molar-refractivity contribution in [3.63, 3.8) is 0 Å². The molecule has 2 aliphatic heterocycles. The molecular formula is C26H48N2O8Si2. The summed E-state index contributed by atoms with van der Waals surface area (Å²) in [5, 5.41) is 18.6. The van der Waals surface area contributed by atoms with Crippen LogP contribution in [-0.2, 0) is 24.6 Å². The van der Waals surface area contributed by atoms with Crippen molar-refractivity contribution in [2.45, 2.75) is 128 Å². The van der Waals surface area contributed by atoms with E-state index in [0.717, 1.165) is 0 Å². The molecule has 2 aliphatic rings. The first-order chi connectivity index (χ1) is 17.1. The van der Waals surface area contributed by atoms with Crippen LogP contribution in [0.4, 0.5) is 0 Å². The lowest BCUT2D eigenvalue weighted by molar-refractivity contribution is -0.0717. The number of aliphatic hydroxyl groups is 2. The Hall–Kier alpha value is -1.13. The van der Waals surface area contributed by atoms with Crippen LogP contribution in [0.25, 0.3) is 0 Å². The first kappa shape index (κ1) is 31.4. The smallest absolute Gasteiger partial charge is 0.349 e. The number of aliphatic hydroxyl groups excluding tert-OH is 2. The first-order valence-electron chi connectivity index (χ1n) is 13.4. The molecule has 2 saturated heterocycles. The summed E-state index contributed by atoms with van der Waals surface area (Å²) in [6.07, 6.45) is -2.08. The summed E-state index contributed by atoms with van der Waals surface area (Å²) >= 11 is 0. The van der Waals surface area contributed by atoms with Gasteiger partial charge in [0, 0.05) is 16.3 Å². The van der Waals surface area contributed by atoms with Crippen molar-refractivity contribution in [2.24, 2.45) is 0 Å². The van der Waals surface area contributed by atoms with Gasteiger partial charge < -0.3 is 28.2 Å². The molecule has 10 nitrogen and oxygen atoms in total. The van der Waals surface area contributed by atoms with Gasteiger partial charge in [-0.3, -0.25) is 14.3 Å². The molecule has 0 saturated carbocycles. The fourth-order valence-electron chi connectivity index (χ4n) is 5.39. The number of hydrogen-bond acceptors (Lipinski definition) is 8. The van der Waals surface area contributed by atoms with Gasteiger partial charge in [0.15, 0.2) is 8.32 Å². The van der Waals surface area contributed by atoms with Crippen molar-refractivity contribution in [2.75, 3.05) is 13.2 Å². The van der Waals surface area contributed by atoms with Crippen LogP contribution in [0.5, 0.6) is 0 Å². The zero-order valence-electron chi connectivity index (χ0n) is 24.9. The average molecular weight is 573 g/mol. The number of aromatic amines is 1. The minimum atomic E-state index is -2.87. The number of fused-ring (bicyclic) bond motifs is 1. The molecule has 38 heavy (non-hydrogen) atoms. The van der Waals surface area contributed by atoms with Gasteiger partial charge in [0.2, 0.25) is 0 Å². The fourth-order valence-corrected chi connectivity index (χ4v) is 11.6. The predicted molar refractivity (Wildman–Crippen MR) is 150 cm³/mol. The normalized spacial score (nSPS) is 27.3. The molecule has 2 unspecified atom stereocenters. The number of rotatable bonds is 6. The van der Waals surface area contributed by atoms with Crippen molar-refractivity contribution in [1.82, 2.24) is 9.55 Å². The highest BCUT2D eigenvalue weighted by atomic mass is 28.4. The van der Waals surface area contributed by atoms with Crippen molar-refractivity contribution in [1.29, 1.82) is 0 Å². The van der Waals surface area contributed by atoms with Gasteiger partial charge in [-0.25, -0.2) is 4.79 Å². The SMILES string of the molecule is CC(C)(C)[Si](C)(C)OC1[C@H]2O[Si](C(C)(C)C)(C(C)(C)C)OC[C@H]2O[C@H]1c1cn(CC(O)CO)c(=O)[nH]c1=O. The molecular weight excluding hydrogens is 524 g/mol. The Balaban J connectivity index is 2.14. The van der Waals surface area contributed by atoms with Gasteiger partial charge in [0.1, 0.15) is 24.4 Å². The third-order valence-corrected chi connectivity index (χ3v) is 17.8. The summed E-state index contributed by atoms with van der Waals surface area (Å²) in [7, 11) is -5.24. The van der Waals surface area contributed by atoms with Gasteiger partial charge in [-0.2, -0.15) is 0 Å². The van der Waals surface area contributed by atoms with Crippen LogP contribution in [0.2, 0.25) is 28.2 Å². The summed E-state index contributed by atoms with van der Waals surface area (Å²) in [6, 6.07) is 0. The van der Waals surface area contributed by atoms with Crippen molar-refractivity contribution >= 4 is 16.9 Å². The van der Waals surface area contributed by atoms with E-state index in [0.29, 0.717) is 6.61 Å². The molecule has 0 bridgehead atoms. The molecule has 0 amide bonds. The highest BCUT2D eigenvalue weighted by Gasteiger charge is 2.65. The minimum Gasteiger partial charge on any atom is -0.408 e. The second-order valence-corrected chi connectivity index (χ2v) is 23.8. The molecule has 3 N–H and O–H groups in total. The van der Waals surface area contributed by atoms with Gasteiger partial charge in [0.25, 0.3) is 5.56 Å². The molecule has 3 rings (SSSR count). The highest BCUT2D eigenvalue weighted by Crippen LogP contribution is 2.56. The van der Waals surface area contributed by atoms with Crippen molar-refractivity contribution in [3.8, 4) is 0 Å². The van der Waals surface area contributed by atoms with Gasteiger partial charge >= 0.3 is 14.3 Å². The van der Waals surface area contributed by atoms with Gasteiger partial charge in [-0.1, -0.05) is 62.3 Å². The van der Waals surface area contributed by atoms with Crippen LogP contribution in [0.1, 0.15) is 74.0 Å². The van der Waals surface area contributed by atoms with Crippen LogP contribution in [0.15, 0.2) is 15.8 Å². The van der Waals surface area contributed by atoms with Crippen LogP contribution in [-0.4, -0.2) is 74.3 Å². The Morgan fingerprint density at radius 1 is 1.13 bits per heavy atom. The Bertz CT molecular complexity index is 1100. The maximum atomic E-state index is 13.1. The highest BCUT2D eigenvalue weighted by molar-refractivity contribution is 6.74. The zero-order valence-corrected chi connectivity index (χ0v) is 26.9. The molecule has 218 valence electrons. The lowest BCUT2D eigenvalue weighted by atomic mass is 10.0. The molecule has 0 aromatic carbocycles. The maximum absolute atomic E-state index is 13.1. The van der Waals surface area contributed by atoms with Crippen molar-refractivity contribution in [3.05, 3.63) is 32.6 Å². The van der Waals surface area contributed by atoms with E-state index in [4.69, 9.17) is 18.0 Å². The van der Waals surface area contributed by atoms with Crippen LogP contribution < -0.4 is 11.2 Å². The third kappa shape index (κ3) is 5.69. The van der Waals surface area contributed by atoms with E-state index in [2.05, 4.69) is 80.4 Å². The second-order valence-electron chi connectivity index (χ2n) is 14.3. The molecule has 12 heteroatoms. The number of nitrogens with one attached hydrogen (secondary N) is 1. The standard InChI is InChI=1S/C26H48N2O8Si2/c1-24(2,3)37(10,11)35-21-19(17-13-28(12-16(30)14-29)23(32)27-22(17)31)34-18-15-33-38(25(4,5)6,26(7,8)9)36-20(18)21/h13,16,18-21,29-30H,12,14-15H2,1-11H3,(H,27,31,32)/t16?,18-,19+,20+,21?/m1/s1. The summed E-state index contributed by atoms with van der Waals surface area (Å²) in [6.45, 7) is 23.3. The maximum Gasteiger partial charge on any atom is 0.349 e. The van der Waals surface area contributed by atoms with Crippen LogP contribution in [0.3, 0.4) is 0 Å². The van der Waals surface area contributed by atoms with Crippen LogP contribution >= 0.6 is 0 Å². The molecule has 3 heterocycles. The van der Waals surface area contributed by atoms with Crippen molar-refractivity contribution < 1.29 is 28.2 Å². The van der Waals surface area contributed by atoms with E-state index in [1.165, 1.54) is 10.8 Å². The molecule has 1 aromatic rings.